The quantitative estimate of drug-likeness (QED) is 0.638. The average molecular weight is 298 g/mol. The lowest BCUT2D eigenvalue weighted by Crippen LogP contribution is -2.38. The molecule has 0 unspecified atom stereocenters. The number of carboxylic acids is 1. The molecule has 1 aromatic carbocycles. The molecular weight excluding hydrogens is 283 g/mol. The number of rotatable bonds is 6. The number of aliphatic carboxylic acids is 1. The molecule has 114 valence electrons. The molecule has 0 heterocycles. The largest absolute Gasteiger partial charge is 0.480 e. The van der Waals surface area contributed by atoms with Gasteiger partial charge in [-0.2, -0.15) is 0 Å². The van der Waals surface area contributed by atoms with Crippen LogP contribution in [0.1, 0.15) is 24.2 Å². The monoisotopic (exact) mass is 298 g/mol. The van der Waals surface area contributed by atoms with E-state index < -0.39 is 40.4 Å². The van der Waals surface area contributed by atoms with Crippen LogP contribution in [0.5, 0.6) is 0 Å². The summed E-state index contributed by atoms with van der Waals surface area (Å²) in [5.74, 6) is -3.08. The number of nitrogens with zero attached hydrogens (tertiary/aromatic N) is 2. The van der Waals surface area contributed by atoms with E-state index >= 15 is 0 Å². The Morgan fingerprint density at radius 3 is 2.52 bits per heavy atom. The van der Waals surface area contributed by atoms with Gasteiger partial charge in [0.25, 0.3) is 11.6 Å². The van der Waals surface area contributed by atoms with E-state index in [2.05, 4.69) is 0 Å². The predicted octanol–water partition coefficient (Wildman–Crippen LogP) is 1.92. The van der Waals surface area contributed by atoms with E-state index in [1.807, 2.05) is 0 Å². The van der Waals surface area contributed by atoms with Crippen molar-refractivity contribution in [3.05, 3.63) is 39.7 Å². The van der Waals surface area contributed by atoms with Crippen molar-refractivity contribution in [3.8, 4) is 0 Å². The number of carbonyl (C=O) groups excluding carboxylic acids is 1. The van der Waals surface area contributed by atoms with Crippen LogP contribution >= 0.6 is 0 Å². The number of amides is 1. The zero-order chi connectivity index (χ0) is 16.2. The van der Waals surface area contributed by atoms with Gasteiger partial charge in [0.2, 0.25) is 0 Å². The zero-order valence-electron chi connectivity index (χ0n) is 11.6. The average Bonchev–Trinajstić information content (AvgIpc) is 2.36. The Morgan fingerprint density at radius 2 is 2.05 bits per heavy atom. The summed E-state index contributed by atoms with van der Waals surface area (Å²) < 4.78 is 13.7. The molecule has 1 rings (SSSR count). The summed E-state index contributed by atoms with van der Waals surface area (Å²) in [6.07, 6.45) is 0. The van der Waals surface area contributed by atoms with E-state index in [1.165, 1.54) is 0 Å². The lowest BCUT2D eigenvalue weighted by atomic mass is 10.1. The zero-order valence-corrected chi connectivity index (χ0v) is 11.6. The topological polar surface area (TPSA) is 101 Å². The molecule has 0 aliphatic heterocycles. The molecule has 0 saturated carbocycles. The third kappa shape index (κ3) is 4.51. The second kappa shape index (κ2) is 6.78. The highest BCUT2D eigenvalue weighted by atomic mass is 19.1. The molecule has 0 radical (unpaired) electrons. The fraction of sp³-hybridized carbons (Fsp3) is 0.385. The highest BCUT2D eigenvalue weighted by molar-refractivity contribution is 5.96. The number of nitro groups is 1. The van der Waals surface area contributed by atoms with Crippen LogP contribution in [-0.4, -0.2) is 39.9 Å². The van der Waals surface area contributed by atoms with E-state index in [1.54, 1.807) is 13.8 Å². The molecule has 0 atom stereocenters. The Labute approximate surface area is 120 Å². The summed E-state index contributed by atoms with van der Waals surface area (Å²) in [5.41, 5.74) is -0.939. The Morgan fingerprint density at radius 1 is 1.43 bits per heavy atom. The summed E-state index contributed by atoms with van der Waals surface area (Å²) >= 11 is 0. The van der Waals surface area contributed by atoms with Gasteiger partial charge in [-0.05, 0) is 12.0 Å². The third-order valence-electron chi connectivity index (χ3n) is 2.59. The molecule has 0 aromatic heterocycles. The van der Waals surface area contributed by atoms with E-state index in [9.17, 15) is 24.1 Å². The van der Waals surface area contributed by atoms with Crippen molar-refractivity contribution in [2.45, 2.75) is 13.8 Å². The van der Waals surface area contributed by atoms with Crippen LogP contribution in [-0.2, 0) is 4.79 Å². The maximum absolute atomic E-state index is 13.7. The SMILES string of the molecule is CC(C)CN(CC(=O)O)C(=O)c1cc([N+](=O)[O-])ccc1F. The van der Waals surface area contributed by atoms with Crippen LogP contribution in [0.15, 0.2) is 18.2 Å². The third-order valence-corrected chi connectivity index (χ3v) is 2.59. The van der Waals surface area contributed by atoms with Crippen LogP contribution in [0, 0.1) is 21.8 Å². The van der Waals surface area contributed by atoms with Crippen LogP contribution < -0.4 is 0 Å². The smallest absolute Gasteiger partial charge is 0.323 e. The molecule has 7 nitrogen and oxygen atoms in total. The van der Waals surface area contributed by atoms with Crippen molar-refractivity contribution in [2.24, 2.45) is 5.92 Å². The van der Waals surface area contributed by atoms with Gasteiger partial charge in [-0.25, -0.2) is 4.39 Å². The highest BCUT2D eigenvalue weighted by Crippen LogP contribution is 2.19. The van der Waals surface area contributed by atoms with E-state index in [4.69, 9.17) is 5.11 Å². The second-order valence-electron chi connectivity index (χ2n) is 4.89. The molecule has 8 heteroatoms. The standard InChI is InChI=1S/C13H15FN2O5/c1-8(2)6-15(7-12(17)18)13(19)10-5-9(16(20)21)3-4-11(10)14/h3-5,8H,6-7H2,1-2H3,(H,17,18). The van der Waals surface area contributed by atoms with Crippen molar-refractivity contribution < 1.29 is 24.0 Å². The van der Waals surface area contributed by atoms with Crippen LogP contribution in [0.25, 0.3) is 0 Å². The Bertz CT molecular complexity index is 574. The van der Waals surface area contributed by atoms with Gasteiger partial charge in [-0.3, -0.25) is 19.7 Å². The minimum absolute atomic E-state index is 0.0324. The lowest BCUT2D eigenvalue weighted by molar-refractivity contribution is -0.384. The van der Waals surface area contributed by atoms with Gasteiger partial charge in [-0.1, -0.05) is 13.8 Å². The van der Waals surface area contributed by atoms with Crippen LogP contribution in [0.4, 0.5) is 10.1 Å². The van der Waals surface area contributed by atoms with Crippen molar-refractivity contribution in [1.82, 2.24) is 4.90 Å². The molecule has 1 amide bonds. The maximum atomic E-state index is 13.7. The number of nitro benzene ring substituents is 1. The van der Waals surface area contributed by atoms with Crippen LogP contribution in [0.2, 0.25) is 0 Å². The molecule has 0 saturated heterocycles. The first-order valence-electron chi connectivity index (χ1n) is 6.17. The second-order valence-corrected chi connectivity index (χ2v) is 4.89. The Kier molecular flexibility index (Phi) is 5.34. The number of carboxylic acid groups (broad SMARTS) is 1. The summed E-state index contributed by atoms with van der Waals surface area (Å²) in [6, 6.07) is 2.57. The van der Waals surface area contributed by atoms with E-state index in [0.29, 0.717) is 0 Å². The summed E-state index contributed by atoms with van der Waals surface area (Å²) in [7, 11) is 0. The number of non-ortho nitro benzene ring substituents is 1. The first-order chi connectivity index (χ1) is 9.72. The number of halogens is 1. The highest BCUT2D eigenvalue weighted by Gasteiger charge is 2.24. The Hall–Kier alpha value is -2.51. The molecule has 1 aromatic rings. The minimum Gasteiger partial charge on any atom is -0.480 e. The molecule has 0 fully saturated rings. The molecule has 0 aliphatic carbocycles. The number of carbonyl (C=O) groups is 2. The van der Waals surface area contributed by atoms with Gasteiger partial charge >= 0.3 is 5.97 Å². The first kappa shape index (κ1) is 16.5. The molecule has 0 spiro atoms. The molecule has 0 aliphatic rings. The van der Waals surface area contributed by atoms with Crippen molar-refractivity contribution in [1.29, 1.82) is 0 Å². The molecular formula is C13H15FN2O5. The van der Waals surface area contributed by atoms with E-state index in [0.717, 1.165) is 23.1 Å². The fourth-order valence-corrected chi connectivity index (χ4v) is 1.78. The normalized spacial score (nSPS) is 10.5. The summed E-state index contributed by atoms with van der Waals surface area (Å²) in [5, 5.41) is 19.5. The fourth-order valence-electron chi connectivity index (χ4n) is 1.78. The van der Waals surface area contributed by atoms with Crippen molar-refractivity contribution >= 4 is 17.6 Å². The Balaban J connectivity index is 3.15. The summed E-state index contributed by atoms with van der Waals surface area (Å²) in [4.78, 5) is 33.9. The van der Waals surface area contributed by atoms with Gasteiger partial charge in [0, 0.05) is 18.7 Å². The first-order valence-corrected chi connectivity index (χ1v) is 6.17. The van der Waals surface area contributed by atoms with Crippen molar-refractivity contribution in [3.63, 3.8) is 0 Å². The van der Waals surface area contributed by atoms with Gasteiger partial charge in [-0.15, -0.1) is 0 Å². The van der Waals surface area contributed by atoms with E-state index in [-0.39, 0.29) is 12.5 Å². The number of hydrogen-bond acceptors (Lipinski definition) is 4. The molecule has 21 heavy (non-hydrogen) atoms. The van der Waals surface area contributed by atoms with Gasteiger partial charge in [0.1, 0.15) is 12.4 Å². The number of benzene rings is 1. The van der Waals surface area contributed by atoms with Crippen molar-refractivity contribution in [2.75, 3.05) is 13.1 Å². The summed E-state index contributed by atoms with van der Waals surface area (Å²) in [6.45, 7) is 3.05. The van der Waals surface area contributed by atoms with Gasteiger partial charge in [0.15, 0.2) is 0 Å². The maximum Gasteiger partial charge on any atom is 0.323 e. The van der Waals surface area contributed by atoms with Crippen LogP contribution in [0.3, 0.4) is 0 Å². The predicted molar refractivity (Wildman–Crippen MR) is 71.4 cm³/mol. The number of hydrogen-bond donors (Lipinski definition) is 1. The molecule has 1 N–H and O–H groups in total. The van der Waals surface area contributed by atoms with Gasteiger partial charge < -0.3 is 10.0 Å². The lowest BCUT2D eigenvalue weighted by Gasteiger charge is -2.22. The molecule has 0 bridgehead atoms. The minimum atomic E-state index is -1.24. The van der Waals surface area contributed by atoms with Gasteiger partial charge in [0.05, 0.1) is 10.5 Å².